The Hall–Kier alpha value is -2.59. The smallest absolute Gasteiger partial charge is 0.294 e. The maximum absolute atomic E-state index is 13.5. The summed E-state index contributed by atoms with van der Waals surface area (Å²) in [4.78, 5) is 28.5. The lowest BCUT2D eigenvalue weighted by atomic mass is 9.77. The van der Waals surface area contributed by atoms with E-state index >= 15 is 0 Å². The van der Waals surface area contributed by atoms with Gasteiger partial charge in [-0.1, -0.05) is 48.4 Å². The topological polar surface area (TPSA) is 46.6 Å². The van der Waals surface area contributed by atoms with Crippen LogP contribution >= 0.6 is 11.6 Å². The average molecular weight is 394 g/mol. The van der Waals surface area contributed by atoms with Crippen LogP contribution in [0.15, 0.2) is 65.9 Å². The molecule has 3 aliphatic rings. The maximum atomic E-state index is 13.5. The number of hydrogen-bond donors (Lipinski definition) is 0. The summed E-state index contributed by atoms with van der Waals surface area (Å²) in [5.74, 6) is -0.0817. The largest absolute Gasteiger partial charge is 0.483 e. The van der Waals surface area contributed by atoms with Crippen LogP contribution < -0.4 is 4.90 Å². The third kappa shape index (κ3) is 2.67. The van der Waals surface area contributed by atoms with Crippen molar-refractivity contribution in [2.24, 2.45) is 5.92 Å². The second-order valence-electron chi connectivity index (χ2n) is 7.62. The van der Waals surface area contributed by atoms with Gasteiger partial charge in [0.05, 0.1) is 17.5 Å². The van der Waals surface area contributed by atoms with Crippen LogP contribution in [0.1, 0.15) is 37.3 Å². The Morgan fingerprint density at radius 1 is 0.929 bits per heavy atom. The number of ether oxygens (including phenoxy) is 1. The van der Waals surface area contributed by atoms with Crippen LogP contribution in [0.25, 0.3) is 0 Å². The second kappa shape index (κ2) is 6.78. The van der Waals surface area contributed by atoms with Crippen molar-refractivity contribution < 1.29 is 14.3 Å². The molecule has 1 aliphatic carbocycles. The first-order valence-corrected chi connectivity index (χ1v) is 10.1. The standard InChI is InChI=1S/C23H20ClNO3/c24-15-10-12-16(13-11-15)25-20(14-6-2-1-3-7-14)19-21(26)17-8-4-5-9-18(17)28-22(19)23(25)27/h1-3,6-7,10-13,17-18,20H,4-5,8-9H2. The third-order valence-corrected chi connectivity index (χ3v) is 6.24. The Morgan fingerprint density at radius 3 is 2.39 bits per heavy atom. The molecule has 0 spiro atoms. The third-order valence-electron chi connectivity index (χ3n) is 5.98. The van der Waals surface area contributed by atoms with Crippen molar-refractivity contribution in [2.45, 2.75) is 37.8 Å². The van der Waals surface area contributed by atoms with E-state index in [4.69, 9.17) is 16.3 Å². The Bertz CT molecular complexity index is 967. The Labute approximate surface area is 168 Å². The predicted octanol–water partition coefficient (Wildman–Crippen LogP) is 4.84. The molecule has 4 nitrogen and oxygen atoms in total. The number of carbonyl (C=O) groups is 2. The van der Waals surface area contributed by atoms with Gasteiger partial charge in [-0.3, -0.25) is 14.5 Å². The van der Waals surface area contributed by atoms with Gasteiger partial charge in [-0.05, 0) is 49.1 Å². The fourth-order valence-corrected chi connectivity index (χ4v) is 4.79. The number of Topliss-reactive ketones (excluding diaryl/α,β-unsaturated/α-hetero) is 1. The maximum Gasteiger partial charge on any atom is 0.294 e. The average Bonchev–Trinajstić information content (AvgIpc) is 3.02. The number of fused-ring (bicyclic) bond motifs is 1. The fraction of sp³-hybridized carbons (Fsp3) is 0.304. The van der Waals surface area contributed by atoms with Crippen LogP contribution in [0.4, 0.5) is 5.69 Å². The van der Waals surface area contributed by atoms with Gasteiger partial charge in [0.25, 0.3) is 5.91 Å². The van der Waals surface area contributed by atoms with Crippen LogP contribution in [0, 0.1) is 5.92 Å². The number of benzene rings is 2. The van der Waals surface area contributed by atoms with E-state index in [9.17, 15) is 9.59 Å². The lowest BCUT2D eigenvalue weighted by Crippen LogP contribution is -2.39. The molecule has 1 saturated carbocycles. The first-order valence-electron chi connectivity index (χ1n) is 9.74. The first kappa shape index (κ1) is 17.5. The molecule has 1 amide bonds. The lowest BCUT2D eigenvalue weighted by Gasteiger charge is -2.35. The van der Waals surface area contributed by atoms with Gasteiger partial charge in [0.1, 0.15) is 6.10 Å². The first-order chi connectivity index (χ1) is 13.6. The number of rotatable bonds is 2. The van der Waals surface area contributed by atoms with E-state index in [1.807, 2.05) is 42.5 Å². The van der Waals surface area contributed by atoms with E-state index in [-0.39, 0.29) is 29.5 Å². The SMILES string of the molecule is O=C1C2=C(OC3CCCCC13)C(=O)N(c1ccc(Cl)cc1)C2c1ccccc1. The molecule has 5 rings (SSSR count). The zero-order valence-corrected chi connectivity index (χ0v) is 16.1. The highest BCUT2D eigenvalue weighted by atomic mass is 35.5. The second-order valence-corrected chi connectivity index (χ2v) is 8.06. The van der Waals surface area contributed by atoms with Crippen molar-refractivity contribution in [3.8, 4) is 0 Å². The van der Waals surface area contributed by atoms with Crippen molar-refractivity contribution in [3.05, 3.63) is 76.5 Å². The van der Waals surface area contributed by atoms with Gasteiger partial charge in [0, 0.05) is 10.7 Å². The minimum absolute atomic E-state index is 0.0737. The molecule has 2 heterocycles. The lowest BCUT2D eigenvalue weighted by molar-refractivity contribution is -0.131. The minimum Gasteiger partial charge on any atom is -0.483 e. The molecule has 0 N–H and O–H groups in total. The molecule has 0 aromatic heterocycles. The molecule has 0 radical (unpaired) electrons. The zero-order valence-electron chi connectivity index (χ0n) is 15.3. The number of hydrogen-bond acceptors (Lipinski definition) is 3. The molecule has 1 fully saturated rings. The van der Waals surface area contributed by atoms with E-state index < -0.39 is 6.04 Å². The number of halogens is 1. The van der Waals surface area contributed by atoms with Crippen molar-refractivity contribution in [3.63, 3.8) is 0 Å². The molecular formula is C23H20ClNO3. The minimum atomic E-state index is -0.472. The summed E-state index contributed by atoms with van der Waals surface area (Å²) >= 11 is 6.04. The monoisotopic (exact) mass is 393 g/mol. The van der Waals surface area contributed by atoms with Crippen LogP contribution in [0.5, 0.6) is 0 Å². The zero-order chi connectivity index (χ0) is 19.3. The molecule has 0 saturated heterocycles. The molecule has 0 bridgehead atoms. The van der Waals surface area contributed by atoms with Gasteiger partial charge in [-0.2, -0.15) is 0 Å². The van der Waals surface area contributed by atoms with Gasteiger partial charge in [0.2, 0.25) is 0 Å². The highest BCUT2D eigenvalue weighted by molar-refractivity contribution is 6.30. The van der Waals surface area contributed by atoms with E-state index in [0.717, 1.165) is 31.2 Å². The summed E-state index contributed by atoms with van der Waals surface area (Å²) < 4.78 is 6.17. The molecule has 3 unspecified atom stereocenters. The molecule has 2 aromatic rings. The van der Waals surface area contributed by atoms with Gasteiger partial charge in [-0.15, -0.1) is 0 Å². The summed E-state index contributed by atoms with van der Waals surface area (Å²) in [5, 5.41) is 0.600. The molecular weight excluding hydrogens is 374 g/mol. The summed E-state index contributed by atoms with van der Waals surface area (Å²) in [6.07, 6.45) is 3.55. The summed E-state index contributed by atoms with van der Waals surface area (Å²) in [6.45, 7) is 0. The molecule has 2 aliphatic heterocycles. The molecule has 2 aromatic carbocycles. The van der Waals surface area contributed by atoms with E-state index in [1.54, 1.807) is 17.0 Å². The normalized spacial score (nSPS) is 26.8. The molecule has 28 heavy (non-hydrogen) atoms. The molecule has 142 valence electrons. The van der Waals surface area contributed by atoms with Crippen LogP contribution in [-0.4, -0.2) is 17.8 Å². The Morgan fingerprint density at radius 2 is 1.64 bits per heavy atom. The van der Waals surface area contributed by atoms with Gasteiger partial charge < -0.3 is 4.74 Å². The van der Waals surface area contributed by atoms with E-state index in [2.05, 4.69) is 0 Å². The van der Waals surface area contributed by atoms with Crippen molar-refractivity contribution in [1.82, 2.24) is 0 Å². The summed E-state index contributed by atoms with van der Waals surface area (Å²) in [7, 11) is 0. The van der Waals surface area contributed by atoms with Crippen LogP contribution in [0.3, 0.4) is 0 Å². The number of anilines is 1. The highest BCUT2D eigenvalue weighted by Gasteiger charge is 2.52. The van der Waals surface area contributed by atoms with Gasteiger partial charge in [0.15, 0.2) is 11.5 Å². The number of ketones is 1. The highest BCUT2D eigenvalue weighted by Crippen LogP contribution is 2.48. The number of amides is 1. The van der Waals surface area contributed by atoms with Gasteiger partial charge >= 0.3 is 0 Å². The van der Waals surface area contributed by atoms with Crippen molar-refractivity contribution in [2.75, 3.05) is 4.90 Å². The van der Waals surface area contributed by atoms with E-state index in [1.165, 1.54) is 0 Å². The summed E-state index contributed by atoms with van der Waals surface area (Å²) in [5.41, 5.74) is 2.12. The molecule has 5 heteroatoms. The van der Waals surface area contributed by atoms with E-state index in [0.29, 0.717) is 16.3 Å². The quantitative estimate of drug-likeness (QED) is 0.733. The summed E-state index contributed by atoms with van der Waals surface area (Å²) in [6, 6.07) is 16.4. The van der Waals surface area contributed by atoms with Crippen molar-refractivity contribution >= 4 is 29.0 Å². The number of nitrogens with zero attached hydrogens (tertiary/aromatic N) is 1. The van der Waals surface area contributed by atoms with Crippen LogP contribution in [-0.2, 0) is 14.3 Å². The van der Waals surface area contributed by atoms with Crippen LogP contribution in [0.2, 0.25) is 5.02 Å². The van der Waals surface area contributed by atoms with Crippen molar-refractivity contribution in [1.29, 1.82) is 0 Å². The Kier molecular flexibility index (Phi) is 4.24. The molecule has 3 atom stereocenters. The van der Waals surface area contributed by atoms with Gasteiger partial charge in [-0.25, -0.2) is 0 Å². The predicted molar refractivity (Wildman–Crippen MR) is 107 cm³/mol. The fourth-order valence-electron chi connectivity index (χ4n) is 4.66. The number of carbonyl (C=O) groups excluding carboxylic acids is 2. The Balaban J connectivity index is 1.65.